The molecule has 1 N–H and O–H groups in total. The van der Waals surface area contributed by atoms with Crippen LogP contribution < -0.4 is 5.32 Å². The van der Waals surface area contributed by atoms with Crippen molar-refractivity contribution in [3.8, 4) is 0 Å². The third-order valence-corrected chi connectivity index (χ3v) is 3.94. The van der Waals surface area contributed by atoms with Crippen molar-refractivity contribution in [1.82, 2.24) is 4.98 Å². The summed E-state index contributed by atoms with van der Waals surface area (Å²) in [6.07, 6.45) is 0. The number of hydrogen-bond donors (Lipinski definition) is 1. The summed E-state index contributed by atoms with van der Waals surface area (Å²) in [7, 11) is 0. The average molecular weight is 245 g/mol. The number of thiazole rings is 1. The molecule has 0 bridgehead atoms. The second-order valence-corrected chi connectivity index (χ2v) is 5.08. The molecule has 2 nitrogen and oxygen atoms in total. The summed E-state index contributed by atoms with van der Waals surface area (Å²) in [5.74, 6) is 0. The van der Waals surface area contributed by atoms with E-state index in [0.29, 0.717) is 5.15 Å². The maximum atomic E-state index is 5.73. The van der Waals surface area contributed by atoms with Gasteiger partial charge in [0.2, 0.25) is 0 Å². The number of aromatic nitrogens is 1. The van der Waals surface area contributed by atoms with Gasteiger partial charge in [-0.25, -0.2) is 4.98 Å². The number of nitrogens with one attached hydrogen (secondary N) is 1. The summed E-state index contributed by atoms with van der Waals surface area (Å²) in [5.41, 5.74) is 0. The Balaban J connectivity index is 2.05. The van der Waals surface area contributed by atoms with Gasteiger partial charge in [-0.15, -0.1) is 22.7 Å². The normalized spacial score (nSPS) is 12.7. The van der Waals surface area contributed by atoms with E-state index in [0.717, 1.165) is 5.13 Å². The van der Waals surface area contributed by atoms with E-state index >= 15 is 0 Å². The van der Waals surface area contributed by atoms with Crippen molar-refractivity contribution in [1.29, 1.82) is 0 Å². The fourth-order valence-corrected chi connectivity index (χ4v) is 2.77. The Hall–Kier alpha value is -0.580. The lowest BCUT2D eigenvalue weighted by atomic mass is 10.3. The van der Waals surface area contributed by atoms with Crippen LogP contribution in [-0.4, -0.2) is 4.98 Å². The molecule has 74 valence electrons. The van der Waals surface area contributed by atoms with Gasteiger partial charge < -0.3 is 5.32 Å². The van der Waals surface area contributed by atoms with Gasteiger partial charge in [0, 0.05) is 10.3 Å². The van der Waals surface area contributed by atoms with Crippen molar-refractivity contribution in [2.45, 2.75) is 13.0 Å². The summed E-state index contributed by atoms with van der Waals surface area (Å²) in [4.78, 5) is 5.44. The smallest absolute Gasteiger partial charge is 0.184 e. The molecular weight excluding hydrogens is 236 g/mol. The number of anilines is 1. The van der Waals surface area contributed by atoms with E-state index in [-0.39, 0.29) is 6.04 Å². The minimum Gasteiger partial charge on any atom is -0.354 e. The zero-order valence-corrected chi connectivity index (χ0v) is 9.92. The standard InChI is InChI=1S/C9H9ClN2S2/c1-6(7-3-2-4-13-7)11-9-12-8(10)5-14-9/h2-6H,1H3,(H,11,12). The van der Waals surface area contributed by atoms with E-state index in [1.807, 2.05) is 11.4 Å². The zero-order valence-electron chi connectivity index (χ0n) is 7.53. The molecular formula is C9H9ClN2S2. The van der Waals surface area contributed by atoms with Crippen LogP contribution in [0.1, 0.15) is 17.8 Å². The lowest BCUT2D eigenvalue weighted by molar-refractivity contribution is 0.904. The van der Waals surface area contributed by atoms with Crippen molar-refractivity contribution in [3.63, 3.8) is 0 Å². The van der Waals surface area contributed by atoms with Crippen LogP contribution in [0, 0.1) is 0 Å². The lowest BCUT2D eigenvalue weighted by Gasteiger charge is -2.09. The fourth-order valence-electron chi connectivity index (χ4n) is 1.11. The number of halogens is 1. The minimum absolute atomic E-state index is 0.289. The van der Waals surface area contributed by atoms with Gasteiger partial charge in [-0.3, -0.25) is 0 Å². The Kier molecular flexibility index (Phi) is 3.05. The highest BCUT2D eigenvalue weighted by molar-refractivity contribution is 7.14. The Morgan fingerprint density at radius 2 is 2.36 bits per heavy atom. The molecule has 1 unspecified atom stereocenters. The average Bonchev–Trinajstić information content (AvgIpc) is 2.75. The summed E-state index contributed by atoms with van der Waals surface area (Å²) in [6.45, 7) is 2.11. The monoisotopic (exact) mass is 244 g/mol. The van der Waals surface area contributed by atoms with Gasteiger partial charge in [-0.1, -0.05) is 17.7 Å². The van der Waals surface area contributed by atoms with Crippen molar-refractivity contribution in [2.24, 2.45) is 0 Å². The summed E-state index contributed by atoms with van der Waals surface area (Å²) in [5, 5.41) is 8.62. The molecule has 0 aliphatic heterocycles. The molecule has 0 radical (unpaired) electrons. The summed E-state index contributed by atoms with van der Waals surface area (Å²) in [6, 6.07) is 4.45. The maximum Gasteiger partial charge on any atom is 0.184 e. The molecule has 2 heterocycles. The molecule has 14 heavy (non-hydrogen) atoms. The lowest BCUT2D eigenvalue weighted by Crippen LogP contribution is -2.03. The number of hydrogen-bond acceptors (Lipinski definition) is 4. The topological polar surface area (TPSA) is 24.9 Å². The fraction of sp³-hybridized carbons (Fsp3) is 0.222. The molecule has 0 saturated carbocycles. The van der Waals surface area contributed by atoms with Crippen molar-refractivity contribution in [2.75, 3.05) is 5.32 Å². The third-order valence-electron chi connectivity index (χ3n) is 1.79. The van der Waals surface area contributed by atoms with Gasteiger partial charge in [0.1, 0.15) is 5.15 Å². The van der Waals surface area contributed by atoms with Crippen molar-refractivity contribution < 1.29 is 0 Å². The number of rotatable bonds is 3. The van der Waals surface area contributed by atoms with Crippen LogP contribution in [-0.2, 0) is 0 Å². The van der Waals surface area contributed by atoms with E-state index in [4.69, 9.17) is 11.6 Å². The number of nitrogens with zero attached hydrogens (tertiary/aromatic N) is 1. The van der Waals surface area contributed by atoms with Crippen LogP contribution in [0.3, 0.4) is 0 Å². The van der Waals surface area contributed by atoms with Crippen LogP contribution in [0.4, 0.5) is 5.13 Å². The molecule has 2 aromatic heterocycles. The largest absolute Gasteiger partial charge is 0.354 e. The summed E-state index contributed by atoms with van der Waals surface area (Å²) >= 11 is 8.99. The first-order valence-electron chi connectivity index (χ1n) is 4.16. The van der Waals surface area contributed by atoms with Gasteiger partial charge in [0.15, 0.2) is 5.13 Å². The molecule has 0 aromatic carbocycles. The maximum absolute atomic E-state index is 5.73. The van der Waals surface area contributed by atoms with Gasteiger partial charge >= 0.3 is 0 Å². The second-order valence-electron chi connectivity index (χ2n) is 2.86. The van der Waals surface area contributed by atoms with Crippen LogP contribution in [0.25, 0.3) is 0 Å². The van der Waals surface area contributed by atoms with Crippen LogP contribution in [0.15, 0.2) is 22.9 Å². The minimum atomic E-state index is 0.289. The van der Waals surface area contributed by atoms with E-state index in [1.54, 1.807) is 11.3 Å². The van der Waals surface area contributed by atoms with Crippen LogP contribution in [0.5, 0.6) is 0 Å². The molecule has 0 aliphatic rings. The molecule has 1 atom stereocenters. The molecule has 5 heteroatoms. The summed E-state index contributed by atoms with van der Waals surface area (Å²) < 4.78 is 0. The molecule has 2 rings (SSSR count). The quantitative estimate of drug-likeness (QED) is 0.882. The Bertz CT molecular complexity index is 397. The first kappa shape index (κ1) is 9.96. The van der Waals surface area contributed by atoms with Crippen LogP contribution >= 0.6 is 34.3 Å². The highest BCUT2D eigenvalue weighted by Gasteiger charge is 2.07. The predicted octanol–water partition coefficient (Wildman–Crippen LogP) is 4.03. The van der Waals surface area contributed by atoms with Gasteiger partial charge in [0.25, 0.3) is 0 Å². The zero-order chi connectivity index (χ0) is 9.97. The highest BCUT2D eigenvalue weighted by Crippen LogP contribution is 2.26. The van der Waals surface area contributed by atoms with Gasteiger partial charge in [-0.2, -0.15) is 0 Å². The first-order chi connectivity index (χ1) is 6.75. The molecule has 2 aromatic rings. The molecule has 0 spiro atoms. The number of thiophene rings is 1. The molecule has 0 fully saturated rings. The Morgan fingerprint density at radius 1 is 1.50 bits per heavy atom. The second kappa shape index (κ2) is 4.29. The SMILES string of the molecule is CC(Nc1nc(Cl)cs1)c1cccs1. The highest BCUT2D eigenvalue weighted by atomic mass is 35.5. The predicted molar refractivity (Wildman–Crippen MR) is 63.5 cm³/mol. The molecule has 0 aliphatic carbocycles. The van der Waals surface area contributed by atoms with E-state index in [2.05, 4.69) is 28.7 Å². The van der Waals surface area contributed by atoms with Crippen molar-refractivity contribution in [3.05, 3.63) is 32.9 Å². The van der Waals surface area contributed by atoms with Crippen LogP contribution in [0.2, 0.25) is 5.15 Å². The van der Waals surface area contributed by atoms with E-state index in [9.17, 15) is 0 Å². The Morgan fingerprint density at radius 3 is 2.93 bits per heavy atom. The Labute approximate surface area is 95.6 Å². The van der Waals surface area contributed by atoms with Gasteiger partial charge in [0.05, 0.1) is 6.04 Å². The van der Waals surface area contributed by atoms with E-state index in [1.165, 1.54) is 16.2 Å². The van der Waals surface area contributed by atoms with Crippen molar-refractivity contribution >= 4 is 39.4 Å². The molecule has 0 amide bonds. The van der Waals surface area contributed by atoms with Gasteiger partial charge in [-0.05, 0) is 18.4 Å². The first-order valence-corrected chi connectivity index (χ1v) is 6.30. The van der Waals surface area contributed by atoms with E-state index < -0.39 is 0 Å². The molecule has 0 saturated heterocycles. The third kappa shape index (κ3) is 2.26.